The van der Waals surface area contributed by atoms with Crippen molar-refractivity contribution < 1.29 is 4.79 Å². The van der Waals surface area contributed by atoms with E-state index in [-0.39, 0.29) is 5.91 Å². The molecule has 2 aliphatic heterocycles. The molecule has 0 N–H and O–H groups in total. The highest BCUT2D eigenvalue weighted by Gasteiger charge is 2.15. The molecule has 2 aliphatic rings. The van der Waals surface area contributed by atoms with Crippen molar-refractivity contribution in [3.63, 3.8) is 0 Å². The Bertz CT molecular complexity index is 475. The third-order valence-corrected chi connectivity index (χ3v) is 4.99. The number of nitrogens with zero attached hydrogens (tertiary/aromatic N) is 2. The molecule has 0 bridgehead atoms. The van der Waals surface area contributed by atoms with Gasteiger partial charge in [-0.2, -0.15) is 0 Å². The van der Waals surface area contributed by atoms with Gasteiger partial charge in [0.2, 0.25) is 5.91 Å². The Balaban J connectivity index is 0. The van der Waals surface area contributed by atoms with Gasteiger partial charge in [-0.05, 0) is 37.3 Å². The predicted molar refractivity (Wildman–Crippen MR) is 127 cm³/mol. The fourth-order valence-electron chi connectivity index (χ4n) is 3.08. The first-order valence-corrected chi connectivity index (χ1v) is 11.4. The van der Waals surface area contributed by atoms with Gasteiger partial charge < -0.3 is 4.90 Å². The molecule has 164 valence electrons. The van der Waals surface area contributed by atoms with E-state index in [0.29, 0.717) is 5.92 Å². The molecule has 0 aromatic rings. The minimum absolute atomic E-state index is 0.0408. The molecule has 1 amide bonds. The van der Waals surface area contributed by atoms with Crippen molar-refractivity contribution in [2.45, 2.75) is 75.2 Å². The van der Waals surface area contributed by atoms with Crippen molar-refractivity contribution in [1.29, 1.82) is 0 Å². The van der Waals surface area contributed by atoms with Crippen LogP contribution in [0.4, 0.5) is 0 Å². The summed E-state index contributed by atoms with van der Waals surface area (Å²) in [6, 6.07) is 0. The van der Waals surface area contributed by atoms with Gasteiger partial charge in [-0.3, -0.25) is 9.69 Å². The quantitative estimate of drug-likeness (QED) is 0.412. The molecule has 28 heavy (non-hydrogen) atoms. The van der Waals surface area contributed by atoms with Gasteiger partial charge in [-0.15, -0.1) is 0 Å². The first-order valence-electron chi connectivity index (χ1n) is 11.4. The summed E-state index contributed by atoms with van der Waals surface area (Å²) in [5.74, 6) is 1.41. The molecular weight excluding hydrogens is 344 g/mol. The lowest BCUT2D eigenvalue weighted by Crippen LogP contribution is -2.34. The number of carbonyl (C=O) groups is 1. The normalized spacial score (nSPS) is 16.5. The second-order valence-electron chi connectivity index (χ2n) is 7.25. The molecule has 0 radical (unpaired) electrons. The molecule has 0 spiro atoms. The van der Waals surface area contributed by atoms with Crippen LogP contribution in [0.25, 0.3) is 0 Å². The average molecular weight is 393 g/mol. The Morgan fingerprint density at radius 3 is 1.71 bits per heavy atom. The molecule has 0 aliphatic carbocycles. The smallest absolute Gasteiger partial charge is 0.246 e. The number of hydrogen-bond acceptors (Lipinski definition) is 2. The largest absolute Gasteiger partial charge is 0.335 e. The topological polar surface area (TPSA) is 23.6 Å². The Morgan fingerprint density at radius 2 is 1.43 bits per heavy atom. The first-order chi connectivity index (χ1) is 13.4. The summed E-state index contributed by atoms with van der Waals surface area (Å²) >= 11 is 0. The monoisotopic (exact) mass is 392 g/mol. The first kappa shape index (κ1) is 28.9. The molecule has 3 nitrogen and oxygen atoms in total. The highest BCUT2D eigenvalue weighted by molar-refractivity contribution is 5.87. The van der Waals surface area contributed by atoms with Crippen LogP contribution in [-0.4, -0.2) is 48.4 Å². The molecule has 0 fully saturated rings. The highest BCUT2D eigenvalue weighted by atomic mass is 16.2. The minimum Gasteiger partial charge on any atom is -0.335 e. The van der Waals surface area contributed by atoms with Crippen LogP contribution in [0.5, 0.6) is 0 Å². The van der Waals surface area contributed by atoms with E-state index in [1.807, 2.05) is 32.6 Å². The zero-order valence-corrected chi connectivity index (χ0v) is 20.3. The van der Waals surface area contributed by atoms with Gasteiger partial charge in [-0.1, -0.05) is 92.2 Å². The van der Waals surface area contributed by atoms with Crippen LogP contribution in [0.3, 0.4) is 0 Å². The fourth-order valence-corrected chi connectivity index (χ4v) is 3.08. The summed E-state index contributed by atoms with van der Waals surface area (Å²) in [4.78, 5) is 15.5. The third kappa shape index (κ3) is 11.5. The summed E-state index contributed by atoms with van der Waals surface area (Å²) in [5, 5.41) is 0. The van der Waals surface area contributed by atoms with E-state index in [9.17, 15) is 4.79 Å². The Morgan fingerprint density at radius 1 is 0.964 bits per heavy atom. The van der Waals surface area contributed by atoms with E-state index in [2.05, 4.69) is 58.2 Å². The lowest BCUT2D eigenvalue weighted by atomic mass is 9.97. The molecule has 0 unspecified atom stereocenters. The van der Waals surface area contributed by atoms with Gasteiger partial charge in [0.25, 0.3) is 0 Å². The summed E-state index contributed by atoms with van der Waals surface area (Å²) in [6.45, 7) is 27.9. The molecule has 2 rings (SSSR count). The van der Waals surface area contributed by atoms with E-state index in [1.165, 1.54) is 37.7 Å². The van der Waals surface area contributed by atoms with Crippen molar-refractivity contribution in [3.05, 3.63) is 36.0 Å². The summed E-state index contributed by atoms with van der Waals surface area (Å²) in [6.07, 6.45) is 8.24. The lowest BCUT2D eigenvalue weighted by Gasteiger charge is -2.26. The van der Waals surface area contributed by atoms with Crippen LogP contribution in [0.15, 0.2) is 36.0 Å². The lowest BCUT2D eigenvalue weighted by molar-refractivity contribution is -0.125. The van der Waals surface area contributed by atoms with Crippen LogP contribution < -0.4 is 0 Å². The van der Waals surface area contributed by atoms with Crippen LogP contribution in [-0.2, 0) is 4.79 Å². The van der Waals surface area contributed by atoms with E-state index in [0.717, 1.165) is 25.4 Å². The van der Waals surface area contributed by atoms with E-state index in [4.69, 9.17) is 0 Å². The maximum atomic E-state index is 11.2. The van der Waals surface area contributed by atoms with Gasteiger partial charge >= 0.3 is 0 Å². The van der Waals surface area contributed by atoms with Crippen molar-refractivity contribution >= 4 is 5.91 Å². The molecular formula is C25H48N2O. The molecule has 3 heteroatoms. The minimum atomic E-state index is 0.0408. The second-order valence-corrected chi connectivity index (χ2v) is 7.25. The van der Waals surface area contributed by atoms with E-state index >= 15 is 0 Å². The second kappa shape index (κ2) is 17.7. The number of amides is 1. The Hall–Kier alpha value is -1.35. The Labute approximate surface area is 176 Å². The number of likely N-dealkylation sites (N-methyl/N-ethyl adjacent to an activating group) is 1. The molecule has 0 atom stereocenters. The molecule has 0 saturated heterocycles. The predicted octanol–water partition coefficient (Wildman–Crippen LogP) is 6.33. The zero-order valence-electron chi connectivity index (χ0n) is 20.3. The van der Waals surface area contributed by atoms with Gasteiger partial charge in [0, 0.05) is 26.2 Å². The Kier molecular flexibility index (Phi) is 18.3. The average Bonchev–Trinajstić information content (AvgIpc) is 2.76. The fraction of sp³-hybridized carbons (Fsp3) is 0.720. The highest BCUT2D eigenvalue weighted by Crippen LogP contribution is 2.19. The summed E-state index contributed by atoms with van der Waals surface area (Å²) in [7, 11) is 0. The third-order valence-electron chi connectivity index (χ3n) is 4.99. The number of rotatable bonds is 4. The van der Waals surface area contributed by atoms with Crippen LogP contribution in [0.1, 0.15) is 75.2 Å². The van der Waals surface area contributed by atoms with E-state index in [1.54, 1.807) is 5.57 Å². The molecule has 0 saturated carbocycles. The number of carbonyl (C=O) groups excluding carboxylic acids is 1. The van der Waals surface area contributed by atoms with Gasteiger partial charge in [0.1, 0.15) is 0 Å². The van der Waals surface area contributed by atoms with E-state index < -0.39 is 0 Å². The summed E-state index contributed by atoms with van der Waals surface area (Å²) in [5.41, 5.74) is 3.11. The zero-order chi connectivity index (χ0) is 22.1. The van der Waals surface area contributed by atoms with Crippen molar-refractivity contribution in [2.24, 2.45) is 11.8 Å². The van der Waals surface area contributed by atoms with Crippen LogP contribution >= 0.6 is 0 Å². The van der Waals surface area contributed by atoms with Gasteiger partial charge in [-0.25, -0.2) is 0 Å². The van der Waals surface area contributed by atoms with Gasteiger partial charge in [0.05, 0.1) is 0 Å². The maximum absolute atomic E-state index is 11.2. The molecule has 0 aromatic heterocycles. The molecule has 0 aromatic carbocycles. The standard InChI is InChI=1S/C11H17NO.C10H19N.2C2H6/c1-4-11(13)12-7-5-10(6-8-12)9(2)3;1-4-11-7-5-10(6-8-11)9(2)3;2*1-2/h4-5,9H,1,6-8H2,2-3H3;5,9H,4,6-8H2,1-3H3;2*1-2H3. The van der Waals surface area contributed by atoms with Crippen molar-refractivity contribution in [2.75, 3.05) is 32.7 Å². The SMILES string of the molecule is C=CC(=O)N1CC=C(C(C)C)CC1.CC.CC.CCN1CC=C(C(C)C)CC1. The number of hydrogen-bond donors (Lipinski definition) is 0. The van der Waals surface area contributed by atoms with Gasteiger partial charge in [0.15, 0.2) is 0 Å². The van der Waals surface area contributed by atoms with Crippen molar-refractivity contribution in [1.82, 2.24) is 9.80 Å². The molecule has 2 heterocycles. The van der Waals surface area contributed by atoms with Crippen LogP contribution in [0, 0.1) is 11.8 Å². The summed E-state index contributed by atoms with van der Waals surface area (Å²) < 4.78 is 0. The maximum Gasteiger partial charge on any atom is 0.246 e. The van der Waals surface area contributed by atoms with Crippen molar-refractivity contribution in [3.8, 4) is 0 Å². The van der Waals surface area contributed by atoms with Crippen LogP contribution in [0.2, 0.25) is 0 Å².